The summed E-state index contributed by atoms with van der Waals surface area (Å²) in [6.45, 7) is 6.58. The predicted molar refractivity (Wildman–Crippen MR) is 79.9 cm³/mol. The molecule has 0 atom stereocenters. The van der Waals surface area contributed by atoms with Gasteiger partial charge < -0.3 is 0 Å². The van der Waals surface area contributed by atoms with Crippen molar-refractivity contribution in [2.75, 3.05) is 0 Å². The number of benzene rings is 1. The maximum Gasteiger partial charge on any atom is 0.112 e. The molecule has 99 valence electrons. The number of aryl methyl sites for hydroxylation is 2. The Labute approximate surface area is 145 Å². The van der Waals surface area contributed by atoms with Crippen molar-refractivity contribution < 1.29 is 32.7 Å². The van der Waals surface area contributed by atoms with E-state index in [9.17, 15) is 0 Å². The van der Waals surface area contributed by atoms with Gasteiger partial charge in [-0.05, 0) is 24.7 Å². The minimum Gasteiger partial charge on any atom is -0.177 e. The fourth-order valence-corrected chi connectivity index (χ4v) is 2.99. The molecule has 0 bridgehead atoms. The largest absolute Gasteiger partial charge is 0.177 e. The zero-order valence-corrected chi connectivity index (χ0v) is 15.5. The average Bonchev–Trinajstić information content (AvgIpc) is 2.30. The summed E-state index contributed by atoms with van der Waals surface area (Å²) in [7, 11) is 2.49. The monoisotopic (exact) mass is 328 g/mol. The van der Waals surface area contributed by atoms with Crippen LogP contribution in [0, 0.1) is 31.7 Å². The van der Waals surface area contributed by atoms with Crippen LogP contribution in [0.15, 0.2) is 12.1 Å². The Balaban J connectivity index is 0.00000180. The normalized spacial score (nSPS) is 17.0. The second-order valence-corrected chi connectivity index (χ2v) is 5.98. The van der Waals surface area contributed by atoms with Crippen molar-refractivity contribution in [1.82, 2.24) is 0 Å². The summed E-state index contributed by atoms with van der Waals surface area (Å²) in [5.74, 6) is 2.64. The van der Waals surface area contributed by atoms with Crippen molar-refractivity contribution in [2.24, 2.45) is 5.92 Å². The standard InChI is InChI=1S/C17H24B.Y/c1-13-4-6-16(7-5-13)11-18-12-17-9-14(2)8-15(3)10-17;/h9-10,16H,4-7,11-12H2,1-3H3;/q-1;. The van der Waals surface area contributed by atoms with Crippen LogP contribution in [0.4, 0.5) is 0 Å². The molecule has 1 aliphatic rings. The van der Waals surface area contributed by atoms with Crippen molar-refractivity contribution in [3.8, 4) is 0 Å². The Bertz CT molecular complexity index is 361. The molecule has 1 aromatic carbocycles. The van der Waals surface area contributed by atoms with E-state index in [-0.39, 0.29) is 32.7 Å². The summed E-state index contributed by atoms with van der Waals surface area (Å²) in [4.78, 5) is 0. The quantitative estimate of drug-likeness (QED) is 0.564. The minimum absolute atomic E-state index is 0. The van der Waals surface area contributed by atoms with Gasteiger partial charge in [0, 0.05) is 32.7 Å². The van der Waals surface area contributed by atoms with Gasteiger partial charge in [0.25, 0.3) is 0 Å². The third-order valence-electron chi connectivity index (χ3n) is 4.04. The molecule has 3 radical (unpaired) electrons. The van der Waals surface area contributed by atoms with Crippen LogP contribution < -0.4 is 0 Å². The molecule has 0 aliphatic heterocycles. The van der Waals surface area contributed by atoms with Crippen LogP contribution >= 0.6 is 0 Å². The first kappa shape index (κ1) is 17.4. The number of hydrogen-bond donors (Lipinski definition) is 0. The van der Waals surface area contributed by atoms with E-state index in [4.69, 9.17) is 0 Å². The van der Waals surface area contributed by atoms with Crippen LogP contribution in [-0.2, 0) is 39.0 Å². The smallest absolute Gasteiger partial charge is 0.112 e. The first-order valence-electron chi connectivity index (χ1n) is 7.26. The molecule has 1 aromatic rings. The third kappa shape index (κ3) is 6.13. The molecule has 1 fully saturated rings. The van der Waals surface area contributed by atoms with Crippen molar-refractivity contribution in [2.45, 2.75) is 59.1 Å². The SMILES string of the molecule is C[C]1CCC(C[B]Cc2cc(C)[c-]c(C)c2)CC1.[Y]. The Kier molecular flexibility index (Phi) is 7.92. The fourth-order valence-electron chi connectivity index (χ4n) is 2.99. The van der Waals surface area contributed by atoms with Crippen LogP contribution in [0.25, 0.3) is 0 Å². The molecule has 0 spiro atoms. The second kappa shape index (κ2) is 8.63. The van der Waals surface area contributed by atoms with Crippen molar-refractivity contribution >= 4 is 7.28 Å². The first-order valence-corrected chi connectivity index (χ1v) is 7.26. The zero-order valence-electron chi connectivity index (χ0n) is 12.6. The molecular weight excluding hydrogens is 304 g/mol. The van der Waals surface area contributed by atoms with Crippen LogP contribution in [0.2, 0.25) is 6.32 Å². The van der Waals surface area contributed by atoms with Crippen LogP contribution in [0.5, 0.6) is 0 Å². The first-order chi connectivity index (χ1) is 8.63. The molecule has 0 heterocycles. The molecule has 0 unspecified atom stereocenters. The van der Waals surface area contributed by atoms with Gasteiger partial charge in [-0.3, -0.25) is 0 Å². The van der Waals surface area contributed by atoms with Gasteiger partial charge >= 0.3 is 0 Å². The Morgan fingerprint density at radius 1 is 1.11 bits per heavy atom. The van der Waals surface area contributed by atoms with E-state index < -0.39 is 0 Å². The van der Waals surface area contributed by atoms with E-state index in [0.29, 0.717) is 0 Å². The Morgan fingerprint density at radius 3 is 2.26 bits per heavy atom. The summed E-state index contributed by atoms with van der Waals surface area (Å²) < 4.78 is 0. The van der Waals surface area contributed by atoms with E-state index >= 15 is 0 Å². The van der Waals surface area contributed by atoms with Gasteiger partial charge in [-0.15, -0.1) is 0 Å². The van der Waals surface area contributed by atoms with Crippen molar-refractivity contribution in [1.29, 1.82) is 0 Å². The Hall–Kier alpha value is 0.389. The predicted octanol–water partition coefficient (Wildman–Crippen LogP) is 4.51. The maximum absolute atomic E-state index is 3.34. The van der Waals surface area contributed by atoms with Gasteiger partial charge in [-0.1, -0.05) is 46.3 Å². The summed E-state index contributed by atoms with van der Waals surface area (Å²) in [6, 6.07) is 7.87. The molecule has 0 nitrogen and oxygen atoms in total. The number of hydrogen-bond acceptors (Lipinski definition) is 0. The van der Waals surface area contributed by atoms with Crippen molar-refractivity contribution in [3.05, 3.63) is 40.8 Å². The second-order valence-electron chi connectivity index (χ2n) is 5.98. The van der Waals surface area contributed by atoms with Gasteiger partial charge in [0.1, 0.15) is 7.28 Å². The summed E-state index contributed by atoms with van der Waals surface area (Å²) >= 11 is 0. The summed E-state index contributed by atoms with van der Waals surface area (Å²) in [5, 5.41) is 0. The van der Waals surface area contributed by atoms with Gasteiger partial charge in [0.2, 0.25) is 0 Å². The topological polar surface area (TPSA) is 0 Å². The van der Waals surface area contributed by atoms with Crippen LogP contribution in [0.3, 0.4) is 0 Å². The molecular formula is C17H24BY-. The molecule has 0 N–H and O–H groups in total. The molecule has 1 saturated carbocycles. The van der Waals surface area contributed by atoms with Crippen LogP contribution in [0.1, 0.15) is 49.3 Å². The van der Waals surface area contributed by atoms with Crippen LogP contribution in [-0.4, -0.2) is 7.28 Å². The van der Waals surface area contributed by atoms with E-state index in [1.54, 1.807) is 5.92 Å². The maximum atomic E-state index is 3.34. The third-order valence-corrected chi connectivity index (χ3v) is 4.04. The van der Waals surface area contributed by atoms with Gasteiger partial charge in [-0.25, -0.2) is 0 Å². The van der Waals surface area contributed by atoms with Gasteiger partial charge in [-0.2, -0.15) is 34.9 Å². The van der Waals surface area contributed by atoms with Crippen molar-refractivity contribution in [3.63, 3.8) is 0 Å². The van der Waals surface area contributed by atoms with E-state index in [1.807, 2.05) is 0 Å². The average molecular weight is 328 g/mol. The molecule has 0 amide bonds. The summed E-state index contributed by atoms with van der Waals surface area (Å²) in [6.07, 6.45) is 7.94. The summed E-state index contributed by atoms with van der Waals surface area (Å²) in [5.41, 5.74) is 3.98. The molecule has 1 aliphatic carbocycles. The van der Waals surface area contributed by atoms with E-state index in [0.717, 1.165) is 12.2 Å². The van der Waals surface area contributed by atoms with E-state index in [2.05, 4.69) is 46.2 Å². The molecule has 0 saturated heterocycles. The molecule has 0 aromatic heterocycles. The zero-order chi connectivity index (χ0) is 13.0. The minimum atomic E-state index is 0. The number of rotatable bonds is 4. The molecule has 2 rings (SSSR count). The van der Waals surface area contributed by atoms with Gasteiger partial charge in [0.15, 0.2) is 0 Å². The Morgan fingerprint density at radius 2 is 1.68 bits per heavy atom. The van der Waals surface area contributed by atoms with E-state index in [1.165, 1.54) is 48.7 Å². The fraction of sp³-hybridized carbons (Fsp3) is 0.588. The van der Waals surface area contributed by atoms with Gasteiger partial charge in [0.05, 0.1) is 0 Å². The molecule has 2 heteroatoms. The molecule has 19 heavy (non-hydrogen) atoms.